The molecule has 2 rings (SSSR count). The van der Waals surface area contributed by atoms with Crippen molar-refractivity contribution in [1.29, 1.82) is 0 Å². The lowest BCUT2D eigenvalue weighted by molar-refractivity contribution is -0.140. The molecule has 1 heterocycles. The monoisotopic (exact) mass is 233 g/mol. The van der Waals surface area contributed by atoms with Crippen LogP contribution in [0.25, 0.3) is 10.9 Å². The fourth-order valence-corrected chi connectivity index (χ4v) is 1.46. The summed E-state index contributed by atoms with van der Waals surface area (Å²) in [6.45, 7) is 0. The van der Waals surface area contributed by atoms with Crippen molar-refractivity contribution in [2.45, 2.75) is 6.18 Å². The Labute approximate surface area is 87.8 Å². The van der Waals surface area contributed by atoms with E-state index in [9.17, 15) is 17.6 Å². The molecule has 0 bridgehead atoms. The highest BCUT2D eigenvalue weighted by atomic mass is 19.4. The van der Waals surface area contributed by atoms with Crippen LogP contribution in [0.5, 0.6) is 5.75 Å². The minimum absolute atomic E-state index is 0.0831. The summed E-state index contributed by atoms with van der Waals surface area (Å²) >= 11 is 0. The van der Waals surface area contributed by atoms with E-state index in [0.29, 0.717) is 0 Å². The summed E-state index contributed by atoms with van der Waals surface area (Å²) in [4.78, 5) is 2.11. The number of halogens is 4. The van der Waals surface area contributed by atoms with Gasteiger partial charge in [0.25, 0.3) is 0 Å². The lowest BCUT2D eigenvalue weighted by Gasteiger charge is -2.00. The van der Waals surface area contributed by atoms with Crippen LogP contribution >= 0.6 is 0 Å². The van der Waals surface area contributed by atoms with Crippen molar-refractivity contribution in [2.75, 3.05) is 7.11 Å². The van der Waals surface area contributed by atoms with Crippen LogP contribution in [0.3, 0.4) is 0 Å². The van der Waals surface area contributed by atoms with E-state index in [1.165, 1.54) is 19.2 Å². The van der Waals surface area contributed by atoms with Crippen LogP contribution in [-0.4, -0.2) is 12.1 Å². The molecule has 1 N–H and O–H groups in total. The zero-order valence-corrected chi connectivity index (χ0v) is 8.15. The minimum Gasteiger partial charge on any atom is -0.494 e. The molecule has 1 aromatic carbocycles. The molecule has 0 aliphatic heterocycles. The molecule has 0 saturated carbocycles. The maximum Gasteiger partial charge on any atom is 0.431 e. The molecular weight excluding hydrogens is 226 g/mol. The van der Waals surface area contributed by atoms with Gasteiger partial charge in [-0.25, -0.2) is 4.39 Å². The van der Waals surface area contributed by atoms with Crippen molar-refractivity contribution < 1.29 is 22.3 Å². The number of aromatic nitrogens is 1. The molecule has 0 aliphatic carbocycles. The summed E-state index contributed by atoms with van der Waals surface area (Å²) in [5, 5.41) is -0.133. The maximum absolute atomic E-state index is 13.6. The number of hydrogen-bond donors (Lipinski definition) is 1. The quantitative estimate of drug-likeness (QED) is 0.751. The van der Waals surface area contributed by atoms with Gasteiger partial charge >= 0.3 is 6.18 Å². The highest BCUT2D eigenvalue weighted by Gasteiger charge is 2.33. The van der Waals surface area contributed by atoms with E-state index >= 15 is 0 Å². The Morgan fingerprint density at radius 1 is 1.25 bits per heavy atom. The predicted molar refractivity (Wildman–Crippen MR) is 49.8 cm³/mol. The van der Waals surface area contributed by atoms with Gasteiger partial charge in [0.05, 0.1) is 7.11 Å². The Morgan fingerprint density at radius 3 is 2.50 bits per heavy atom. The average Bonchev–Trinajstić information content (AvgIpc) is 2.62. The Kier molecular flexibility index (Phi) is 2.29. The lowest BCUT2D eigenvalue weighted by Crippen LogP contribution is -2.04. The Bertz CT molecular complexity index is 529. The van der Waals surface area contributed by atoms with Gasteiger partial charge in [-0.2, -0.15) is 13.2 Å². The van der Waals surface area contributed by atoms with E-state index in [4.69, 9.17) is 0 Å². The number of benzene rings is 1. The molecule has 0 radical (unpaired) electrons. The van der Waals surface area contributed by atoms with Gasteiger partial charge in [0, 0.05) is 10.9 Å². The highest BCUT2D eigenvalue weighted by molar-refractivity contribution is 5.83. The van der Waals surface area contributed by atoms with Gasteiger partial charge in [0.15, 0.2) is 11.6 Å². The fraction of sp³-hybridized carbons (Fsp3) is 0.200. The molecule has 0 fully saturated rings. The summed E-state index contributed by atoms with van der Waals surface area (Å²) in [6, 6.07) is 3.34. The topological polar surface area (TPSA) is 25.0 Å². The Hall–Kier alpha value is -1.72. The van der Waals surface area contributed by atoms with Gasteiger partial charge in [0.2, 0.25) is 0 Å². The van der Waals surface area contributed by atoms with Gasteiger partial charge in [-0.3, -0.25) is 0 Å². The van der Waals surface area contributed by atoms with Gasteiger partial charge in [-0.1, -0.05) is 0 Å². The number of methoxy groups -OCH3 is 1. The molecule has 0 saturated heterocycles. The van der Waals surface area contributed by atoms with Crippen LogP contribution in [0.1, 0.15) is 5.69 Å². The third-order valence-corrected chi connectivity index (χ3v) is 2.23. The Morgan fingerprint density at radius 2 is 1.94 bits per heavy atom. The van der Waals surface area contributed by atoms with Crippen molar-refractivity contribution in [1.82, 2.24) is 4.98 Å². The molecular formula is C10H7F4NO. The maximum atomic E-state index is 13.6. The number of aromatic amines is 1. The largest absolute Gasteiger partial charge is 0.494 e. The van der Waals surface area contributed by atoms with E-state index < -0.39 is 17.7 Å². The van der Waals surface area contributed by atoms with Crippen molar-refractivity contribution in [3.8, 4) is 5.75 Å². The van der Waals surface area contributed by atoms with Gasteiger partial charge in [0.1, 0.15) is 5.69 Å². The molecule has 1 aromatic heterocycles. The second-order valence-electron chi connectivity index (χ2n) is 3.22. The van der Waals surface area contributed by atoms with Crippen LogP contribution in [0.15, 0.2) is 18.2 Å². The molecule has 86 valence electrons. The van der Waals surface area contributed by atoms with Gasteiger partial charge in [-0.05, 0) is 18.2 Å². The molecule has 0 unspecified atom stereocenters. The van der Waals surface area contributed by atoms with E-state index in [-0.39, 0.29) is 16.7 Å². The SMILES string of the molecule is COc1ccc2[nH]c(C(F)(F)F)cc2c1F. The number of H-pyrrole nitrogens is 1. The van der Waals surface area contributed by atoms with Crippen molar-refractivity contribution in [3.63, 3.8) is 0 Å². The summed E-state index contributed by atoms with van der Waals surface area (Å²) in [5.41, 5.74) is -0.889. The van der Waals surface area contributed by atoms with Crippen LogP contribution < -0.4 is 4.74 Å². The second-order valence-corrected chi connectivity index (χ2v) is 3.22. The highest BCUT2D eigenvalue weighted by Crippen LogP contribution is 2.33. The first-order valence-corrected chi connectivity index (χ1v) is 4.36. The molecule has 16 heavy (non-hydrogen) atoms. The second kappa shape index (κ2) is 3.40. The van der Waals surface area contributed by atoms with Crippen LogP contribution in [-0.2, 0) is 6.18 Å². The van der Waals surface area contributed by atoms with Gasteiger partial charge in [-0.15, -0.1) is 0 Å². The molecule has 0 aliphatic rings. The number of ether oxygens (including phenoxy) is 1. The smallest absolute Gasteiger partial charge is 0.431 e. The lowest BCUT2D eigenvalue weighted by atomic mass is 10.2. The zero-order valence-electron chi connectivity index (χ0n) is 8.15. The van der Waals surface area contributed by atoms with E-state index in [0.717, 1.165) is 6.07 Å². The summed E-state index contributed by atoms with van der Waals surface area (Å²) in [5.74, 6) is -0.882. The number of alkyl halides is 3. The molecule has 6 heteroatoms. The average molecular weight is 233 g/mol. The van der Waals surface area contributed by atoms with Crippen LogP contribution in [0.4, 0.5) is 17.6 Å². The van der Waals surface area contributed by atoms with E-state index in [1.807, 2.05) is 0 Å². The zero-order chi connectivity index (χ0) is 11.9. The summed E-state index contributed by atoms with van der Waals surface area (Å²) < 4.78 is 55.3. The summed E-state index contributed by atoms with van der Waals surface area (Å²) in [6.07, 6.45) is -4.52. The molecule has 0 amide bonds. The van der Waals surface area contributed by atoms with Crippen LogP contribution in [0.2, 0.25) is 0 Å². The predicted octanol–water partition coefficient (Wildman–Crippen LogP) is 3.33. The first-order chi connectivity index (χ1) is 7.43. The number of rotatable bonds is 1. The van der Waals surface area contributed by atoms with Crippen molar-refractivity contribution >= 4 is 10.9 Å². The van der Waals surface area contributed by atoms with E-state index in [2.05, 4.69) is 9.72 Å². The first-order valence-electron chi connectivity index (χ1n) is 4.36. The van der Waals surface area contributed by atoms with E-state index in [1.54, 1.807) is 0 Å². The molecule has 2 aromatic rings. The van der Waals surface area contributed by atoms with Gasteiger partial charge < -0.3 is 9.72 Å². The van der Waals surface area contributed by atoms with Crippen molar-refractivity contribution in [2.24, 2.45) is 0 Å². The number of hydrogen-bond acceptors (Lipinski definition) is 1. The summed E-state index contributed by atoms with van der Waals surface area (Å²) in [7, 11) is 1.25. The minimum atomic E-state index is -4.52. The fourth-order valence-electron chi connectivity index (χ4n) is 1.46. The number of nitrogens with one attached hydrogen (secondary N) is 1. The Balaban J connectivity index is 2.67. The third kappa shape index (κ3) is 1.60. The molecule has 0 spiro atoms. The molecule has 2 nitrogen and oxygen atoms in total. The first kappa shape index (κ1) is 10.8. The number of fused-ring (bicyclic) bond motifs is 1. The van der Waals surface area contributed by atoms with Crippen molar-refractivity contribution in [3.05, 3.63) is 29.7 Å². The standard InChI is InChI=1S/C10H7F4NO/c1-16-7-3-2-6-5(9(7)11)4-8(15-6)10(12,13)14/h2-4,15H,1H3. The molecule has 0 atom stereocenters. The third-order valence-electron chi connectivity index (χ3n) is 2.23. The van der Waals surface area contributed by atoms with Crippen LogP contribution in [0, 0.1) is 5.82 Å². The normalized spacial score (nSPS) is 12.1.